The van der Waals surface area contributed by atoms with Crippen LogP contribution in [0.25, 0.3) is 0 Å². The summed E-state index contributed by atoms with van der Waals surface area (Å²) in [6, 6.07) is 12.4. The van der Waals surface area contributed by atoms with Crippen LogP contribution in [0.4, 0.5) is 23.2 Å². The van der Waals surface area contributed by atoms with Crippen LogP contribution in [-0.4, -0.2) is 44.3 Å². The Morgan fingerprint density at radius 2 is 1.60 bits per heavy atom. The Bertz CT molecular complexity index is 1560. The van der Waals surface area contributed by atoms with E-state index in [1.807, 2.05) is 13.8 Å². The van der Waals surface area contributed by atoms with Gasteiger partial charge in [0.2, 0.25) is 11.8 Å². The highest BCUT2D eigenvalue weighted by Gasteiger charge is 2.37. The van der Waals surface area contributed by atoms with E-state index in [0.717, 1.165) is 22.6 Å². The van der Waals surface area contributed by atoms with Crippen molar-refractivity contribution in [2.45, 2.75) is 51.4 Å². The molecule has 0 radical (unpaired) electrons. The van der Waals surface area contributed by atoms with Crippen LogP contribution in [0.2, 0.25) is 5.02 Å². The molecule has 2 amide bonds. The van der Waals surface area contributed by atoms with Gasteiger partial charge >= 0.3 is 6.18 Å². The summed E-state index contributed by atoms with van der Waals surface area (Å²) in [5.74, 6) is -2.10. The highest BCUT2D eigenvalue weighted by atomic mass is 35.5. The summed E-state index contributed by atoms with van der Waals surface area (Å²) in [5.41, 5.74) is -0.996. The van der Waals surface area contributed by atoms with Crippen molar-refractivity contribution in [1.29, 1.82) is 0 Å². The van der Waals surface area contributed by atoms with Crippen LogP contribution in [0.3, 0.4) is 0 Å². The lowest BCUT2D eigenvalue weighted by Gasteiger charge is -2.32. The van der Waals surface area contributed by atoms with Gasteiger partial charge in [0.05, 0.1) is 21.2 Å². The Morgan fingerprint density at radius 1 is 0.977 bits per heavy atom. The monoisotopic (exact) mass is 641 g/mol. The van der Waals surface area contributed by atoms with Crippen molar-refractivity contribution >= 4 is 39.1 Å². The van der Waals surface area contributed by atoms with Gasteiger partial charge in [-0.1, -0.05) is 61.3 Å². The highest BCUT2D eigenvalue weighted by Crippen LogP contribution is 2.38. The predicted molar refractivity (Wildman–Crippen MR) is 156 cm³/mol. The van der Waals surface area contributed by atoms with E-state index in [0.29, 0.717) is 10.4 Å². The van der Waals surface area contributed by atoms with E-state index in [9.17, 15) is 35.6 Å². The Kier molecular flexibility index (Phi) is 10.8. The lowest BCUT2D eigenvalue weighted by Crippen LogP contribution is -2.51. The zero-order chi connectivity index (χ0) is 32.1. The molecule has 0 aromatic heterocycles. The molecule has 3 aromatic rings. The number of halogens is 5. The van der Waals surface area contributed by atoms with Crippen LogP contribution in [0.15, 0.2) is 71.6 Å². The first-order valence-corrected chi connectivity index (χ1v) is 15.1. The molecular formula is C30H32ClF4N3O4S. The van der Waals surface area contributed by atoms with E-state index >= 15 is 0 Å². The summed E-state index contributed by atoms with van der Waals surface area (Å²) in [7, 11) is -4.62. The Balaban J connectivity index is 2.12. The van der Waals surface area contributed by atoms with Crippen LogP contribution < -0.4 is 9.62 Å². The number of nitrogens with zero attached hydrogens (tertiary/aromatic N) is 2. The number of anilines is 1. The van der Waals surface area contributed by atoms with E-state index in [1.54, 1.807) is 6.92 Å². The third kappa shape index (κ3) is 8.47. The number of hydrogen-bond donors (Lipinski definition) is 1. The first-order chi connectivity index (χ1) is 20.0. The minimum Gasteiger partial charge on any atom is -0.354 e. The first-order valence-electron chi connectivity index (χ1n) is 13.3. The fraction of sp³-hybridized carbons (Fsp3) is 0.333. The van der Waals surface area contributed by atoms with Crippen LogP contribution >= 0.6 is 11.6 Å². The van der Waals surface area contributed by atoms with Gasteiger partial charge < -0.3 is 10.2 Å². The van der Waals surface area contributed by atoms with Gasteiger partial charge in [-0.05, 0) is 56.2 Å². The van der Waals surface area contributed by atoms with Gasteiger partial charge in [0.25, 0.3) is 10.0 Å². The number of aryl methyl sites for hydroxylation is 1. The molecule has 0 fully saturated rings. The van der Waals surface area contributed by atoms with Gasteiger partial charge in [-0.3, -0.25) is 13.9 Å². The Labute approximate surface area is 253 Å². The molecule has 0 bridgehead atoms. The Morgan fingerprint density at radius 3 is 2.19 bits per heavy atom. The average Bonchev–Trinajstić information content (AvgIpc) is 2.93. The minimum atomic E-state index is -4.92. The molecule has 0 spiro atoms. The number of nitrogens with one attached hydrogen (secondary N) is 1. The normalized spacial score (nSPS) is 12.6. The molecule has 0 saturated carbocycles. The molecule has 43 heavy (non-hydrogen) atoms. The molecule has 7 nitrogen and oxygen atoms in total. The van der Waals surface area contributed by atoms with Crippen molar-refractivity contribution in [3.05, 3.63) is 94.3 Å². The minimum absolute atomic E-state index is 0.0538. The lowest BCUT2D eigenvalue weighted by molar-refractivity contribution is -0.139. The summed E-state index contributed by atoms with van der Waals surface area (Å²) < 4.78 is 84.1. The molecule has 232 valence electrons. The van der Waals surface area contributed by atoms with Crippen LogP contribution in [0.5, 0.6) is 0 Å². The third-order valence-corrected chi connectivity index (χ3v) is 8.70. The molecule has 13 heteroatoms. The van der Waals surface area contributed by atoms with Crippen molar-refractivity contribution < 1.29 is 35.6 Å². The molecule has 1 N–H and O–H groups in total. The van der Waals surface area contributed by atoms with Crippen LogP contribution in [0.1, 0.15) is 37.5 Å². The molecule has 0 aliphatic heterocycles. The second-order valence-corrected chi connectivity index (χ2v) is 12.7. The molecule has 0 saturated heterocycles. The number of carbonyl (C=O) groups is 2. The fourth-order valence-electron chi connectivity index (χ4n) is 4.10. The van der Waals surface area contributed by atoms with Crippen molar-refractivity contribution in [2.75, 3.05) is 17.4 Å². The molecule has 1 unspecified atom stereocenters. The molecule has 3 rings (SSSR count). The second kappa shape index (κ2) is 13.8. The zero-order valence-corrected chi connectivity index (χ0v) is 25.5. The quantitative estimate of drug-likeness (QED) is 0.253. The first kappa shape index (κ1) is 33.9. The van der Waals surface area contributed by atoms with Gasteiger partial charge in [-0.15, -0.1) is 0 Å². The summed E-state index contributed by atoms with van der Waals surface area (Å²) in [6.45, 7) is 5.73. The van der Waals surface area contributed by atoms with E-state index in [4.69, 9.17) is 11.6 Å². The van der Waals surface area contributed by atoms with Crippen molar-refractivity contribution in [3.8, 4) is 0 Å². The number of benzene rings is 3. The Hall–Kier alpha value is -3.64. The average molecular weight is 642 g/mol. The highest BCUT2D eigenvalue weighted by molar-refractivity contribution is 7.92. The molecular weight excluding hydrogens is 610 g/mol. The van der Waals surface area contributed by atoms with Gasteiger partial charge in [0.15, 0.2) is 0 Å². The zero-order valence-electron chi connectivity index (χ0n) is 24.0. The lowest BCUT2D eigenvalue weighted by atomic mass is 10.1. The van der Waals surface area contributed by atoms with Crippen LogP contribution in [0, 0.1) is 18.7 Å². The third-order valence-electron chi connectivity index (χ3n) is 6.58. The van der Waals surface area contributed by atoms with Crippen molar-refractivity contribution in [2.24, 2.45) is 5.92 Å². The molecule has 0 heterocycles. The molecule has 1 atom stereocenters. The van der Waals surface area contributed by atoms with Crippen molar-refractivity contribution in [3.63, 3.8) is 0 Å². The standard InChI is InChI=1S/C30H32ClF4N3O4S/c1-19(2)16-36-29(40)21(4)37(17-22-7-5-6-8-27(22)32)28(39)18-38(43(41,42)24-12-9-20(3)10-13-24)23-11-14-26(31)25(15-23)30(33,34)35/h5-15,19,21H,16-18H2,1-4H3,(H,36,40). The van der Waals surface area contributed by atoms with Gasteiger partial charge in [-0.25, -0.2) is 12.8 Å². The summed E-state index contributed by atoms with van der Waals surface area (Å²) in [6.07, 6.45) is -4.92. The number of rotatable bonds is 11. The number of carbonyl (C=O) groups excluding carboxylic acids is 2. The fourth-order valence-corrected chi connectivity index (χ4v) is 5.73. The number of hydrogen-bond acceptors (Lipinski definition) is 4. The van der Waals surface area contributed by atoms with Gasteiger partial charge in [-0.2, -0.15) is 13.2 Å². The van der Waals surface area contributed by atoms with E-state index in [-0.39, 0.29) is 22.9 Å². The van der Waals surface area contributed by atoms with E-state index < -0.39 is 69.2 Å². The maximum atomic E-state index is 14.6. The van der Waals surface area contributed by atoms with Crippen LogP contribution in [-0.2, 0) is 32.3 Å². The maximum Gasteiger partial charge on any atom is 0.417 e. The summed E-state index contributed by atoms with van der Waals surface area (Å²) in [5, 5.41) is 2.04. The molecule has 0 aliphatic carbocycles. The number of amides is 2. The maximum absolute atomic E-state index is 14.6. The number of sulfonamides is 1. The van der Waals surface area contributed by atoms with Crippen molar-refractivity contribution in [1.82, 2.24) is 10.2 Å². The van der Waals surface area contributed by atoms with Gasteiger partial charge in [0.1, 0.15) is 18.4 Å². The topological polar surface area (TPSA) is 86.8 Å². The van der Waals surface area contributed by atoms with E-state index in [1.165, 1.54) is 55.5 Å². The summed E-state index contributed by atoms with van der Waals surface area (Å²) >= 11 is 5.78. The SMILES string of the molecule is Cc1ccc(S(=O)(=O)N(CC(=O)N(Cc2ccccc2F)C(C)C(=O)NCC(C)C)c2ccc(Cl)c(C(F)(F)F)c2)cc1. The molecule has 0 aliphatic rings. The van der Waals surface area contributed by atoms with Gasteiger partial charge in [0, 0.05) is 18.7 Å². The largest absolute Gasteiger partial charge is 0.417 e. The molecule has 3 aromatic carbocycles. The summed E-state index contributed by atoms with van der Waals surface area (Å²) in [4.78, 5) is 27.6. The smallest absolute Gasteiger partial charge is 0.354 e. The number of alkyl halides is 3. The second-order valence-electron chi connectivity index (χ2n) is 10.4. The predicted octanol–water partition coefficient (Wildman–Crippen LogP) is 6.19. The van der Waals surface area contributed by atoms with E-state index in [2.05, 4.69) is 5.32 Å².